The van der Waals surface area contributed by atoms with Gasteiger partial charge >= 0.3 is 5.97 Å². The Morgan fingerprint density at radius 1 is 1.10 bits per heavy atom. The van der Waals surface area contributed by atoms with E-state index < -0.39 is 5.97 Å². The van der Waals surface area contributed by atoms with Crippen LogP contribution >= 0.6 is 0 Å². The van der Waals surface area contributed by atoms with Gasteiger partial charge in [-0.25, -0.2) is 14.8 Å². The van der Waals surface area contributed by atoms with E-state index in [0.717, 1.165) is 23.2 Å². The van der Waals surface area contributed by atoms with Crippen LogP contribution in [0, 0.1) is 0 Å². The van der Waals surface area contributed by atoms with Gasteiger partial charge in [-0.2, -0.15) is 0 Å². The highest BCUT2D eigenvalue weighted by atomic mass is 16.5. The lowest BCUT2D eigenvalue weighted by molar-refractivity contribution is -0.117. The van der Waals surface area contributed by atoms with E-state index in [1.807, 2.05) is 48.5 Å². The number of aromatic amines is 1. The number of H-pyrrole nitrogens is 1. The van der Waals surface area contributed by atoms with Crippen LogP contribution in [0.3, 0.4) is 0 Å². The van der Waals surface area contributed by atoms with Crippen LogP contribution < -0.4 is 10.6 Å². The van der Waals surface area contributed by atoms with E-state index in [0.29, 0.717) is 46.4 Å². The van der Waals surface area contributed by atoms with Gasteiger partial charge in [-0.15, -0.1) is 0 Å². The first-order valence-electron chi connectivity index (χ1n) is 12.2. The maximum atomic E-state index is 12.7. The van der Waals surface area contributed by atoms with E-state index in [-0.39, 0.29) is 18.3 Å². The molecule has 0 fully saturated rings. The standard InChI is InChI=1S/C29H26N6O4/c1-39-29(38)20-7-9-22-23(14-20)34-28(37)26(22)27(18-5-3-2-4-6-18)33-21-8-10-24-19(13-21)11-12-35(24)25(36)15-31-17-32-16-30/h2-10,13-14,16-17,34,37H,11-12,15H2,1H3,(H2,30,31,32). The molecule has 4 N–H and O–H groups in total. The number of anilines is 1. The van der Waals surface area contributed by atoms with Gasteiger partial charge in [0.1, 0.15) is 12.9 Å². The lowest BCUT2D eigenvalue weighted by atomic mass is 10.00. The molecule has 1 aliphatic rings. The number of esters is 1. The molecule has 0 saturated heterocycles. The Bertz CT molecular complexity index is 1640. The maximum Gasteiger partial charge on any atom is 0.337 e. The number of carbonyl (C=O) groups is 2. The fourth-order valence-electron chi connectivity index (χ4n) is 4.66. The zero-order valence-corrected chi connectivity index (χ0v) is 21.2. The minimum absolute atomic E-state index is 0.0215. The summed E-state index contributed by atoms with van der Waals surface area (Å²) in [4.78, 5) is 42.0. The SMILES string of the molecule is COC(=O)c1ccc2c(C(=Nc3ccc4c(c3)CCN4C(=O)CN=CN=CN)c3ccccc3)c(O)[nH]c2c1. The van der Waals surface area contributed by atoms with Crippen LogP contribution in [0.4, 0.5) is 11.4 Å². The number of nitrogens with one attached hydrogen (secondary N) is 1. The highest BCUT2D eigenvalue weighted by molar-refractivity contribution is 6.22. The largest absolute Gasteiger partial charge is 0.494 e. The van der Waals surface area contributed by atoms with Crippen molar-refractivity contribution in [2.75, 3.05) is 25.1 Å². The summed E-state index contributed by atoms with van der Waals surface area (Å²) in [5, 5.41) is 11.7. The molecule has 1 aromatic heterocycles. The average Bonchev–Trinajstić information content (AvgIpc) is 3.53. The molecule has 4 aromatic rings. The Kier molecular flexibility index (Phi) is 7.17. The summed E-state index contributed by atoms with van der Waals surface area (Å²) in [6, 6.07) is 20.3. The predicted molar refractivity (Wildman–Crippen MR) is 152 cm³/mol. The second-order valence-electron chi connectivity index (χ2n) is 8.79. The molecule has 196 valence electrons. The van der Waals surface area contributed by atoms with Gasteiger partial charge in [0, 0.05) is 28.7 Å². The molecule has 3 aromatic carbocycles. The minimum atomic E-state index is -0.467. The van der Waals surface area contributed by atoms with Gasteiger partial charge in [0.25, 0.3) is 0 Å². The molecule has 0 spiro atoms. The number of hydrogen-bond donors (Lipinski definition) is 3. The van der Waals surface area contributed by atoms with Gasteiger partial charge in [0.2, 0.25) is 5.91 Å². The van der Waals surface area contributed by atoms with Crippen LogP contribution in [0.2, 0.25) is 0 Å². The molecule has 39 heavy (non-hydrogen) atoms. The van der Waals surface area contributed by atoms with Crippen molar-refractivity contribution in [2.24, 2.45) is 20.7 Å². The smallest absolute Gasteiger partial charge is 0.337 e. The number of fused-ring (bicyclic) bond motifs is 2. The van der Waals surface area contributed by atoms with Crippen molar-refractivity contribution in [1.29, 1.82) is 0 Å². The molecule has 10 nitrogen and oxygen atoms in total. The van der Waals surface area contributed by atoms with Gasteiger partial charge < -0.3 is 25.5 Å². The molecule has 0 saturated carbocycles. The lowest BCUT2D eigenvalue weighted by Gasteiger charge is -2.16. The van der Waals surface area contributed by atoms with Crippen molar-refractivity contribution >= 4 is 52.5 Å². The fraction of sp³-hybridized carbons (Fsp3) is 0.138. The number of rotatable bonds is 7. The summed E-state index contributed by atoms with van der Waals surface area (Å²) in [7, 11) is 1.32. The molecule has 10 heteroatoms. The number of aromatic nitrogens is 1. The quantitative estimate of drug-likeness (QED) is 0.192. The third-order valence-electron chi connectivity index (χ3n) is 6.45. The van der Waals surface area contributed by atoms with Crippen molar-refractivity contribution in [3.05, 3.63) is 89.0 Å². The van der Waals surface area contributed by atoms with Gasteiger partial charge in [0.15, 0.2) is 5.88 Å². The van der Waals surface area contributed by atoms with E-state index in [9.17, 15) is 14.7 Å². The highest BCUT2D eigenvalue weighted by Gasteiger charge is 2.25. The van der Waals surface area contributed by atoms with E-state index in [1.54, 1.807) is 23.1 Å². The van der Waals surface area contributed by atoms with Gasteiger partial charge in [-0.05, 0) is 42.3 Å². The number of nitrogens with zero attached hydrogens (tertiary/aromatic N) is 4. The summed E-state index contributed by atoms with van der Waals surface area (Å²) in [6.45, 7) is 0.528. The van der Waals surface area contributed by atoms with Crippen LogP contribution in [0.25, 0.3) is 10.9 Å². The van der Waals surface area contributed by atoms with Gasteiger partial charge in [-0.1, -0.05) is 36.4 Å². The number of nitrogens with two attached hydrogens (primary N) is 1. The zero-order chi connectivity index (χ0) is 27.4. The number of amides is 1. The van der Waals surface area contributed by atoms with Crippen molar-refractivity contribution in [3.63, 3.8) is 0 Å². The monoisotopic (exact) mass is 522 g/mol. The minimum Gasteiger partial charge on any atom is -0.494 e. The maximum absolute atomic E-state index is 12.7. The number of benzene rings is 3. The van der Waals surface area contributed by atoms with E-state index in [4.69, 9.17) is 15.5 Å². The van der Waals surface area contributed by atoms with Gasteiger partial charge in [-0.3, -0.25) is 9.79 Å². The number of ether oxygens (including phenoxy) is 1. The van der Waals surface area contributed by atoms with Crippen LogP contribution in [-0.2, 0) is 16.0 Å². The van der Waals surface area contributed by atoms with E-state index in [1.165, 1.54) is 13.4 Å². The Labute approximate surface area is 224 Å². The van der Waals surface area contributed by atoms with E-state index >= 15 is 0 Å². The van der Waals surface area contributed by atoms with Crippen LogP contribution in [0.1, 0.15) is 27.0 Å². The Balaban J connectivity index is 1.54. The average molecular weight is 523 g/mol. The molecule has 0 atom stereocenters. The van der Waals surface area contributed by atoms with Crippen LogP contribution in [0.15, 0.2) is 81.7 Å². The molecular weight excluding hydrogens is 496 g/mol. The topological polar surface area (TPSA) is 146 Å². The lowest BCUT2D eigenvalue weighted by Crippen LogP contribution is -2.30. The molecular formula is C29H26N6O4. The first-order valence-corrected chi connectivity index (χ1v) is 12.2. The fourth-order valence-corrected chi connectivity index (χ4v) is 4.66. The molecule has 5 rings (SSSR count). The zero-order valence-electron chi connectivity index (χ0n) is 21.2. The Morgan fingerprint density at radius 3 is 2.69 bits per heavy atom. The number of carbonyl (C=O) groups excluding carboxylic acids is 2. The third kappa shape index (κ3) is 5.12. The third-order valence-corrected chi connectivity index (χ3v) is 6.45. The van der Waals surface area contributed by atoms with Crippen molar-refractivity contribution in [3.8, 4) is 5.88 Å². The van der Waals surface area contributed by atoms with Crippen molar-refractivity contribution < 1.29 is 19.4 Å². The number of aliphatic imine (C=N–C) groups is 3. The summed E-state index contributed by atoms with van der Waals surface area (Å²) in [6.07, 6.45) is 3.05. The molecule has 0 unspecified atom stereocenters. The highest BCUT2D eigenvalue weighted by Crippen LogP contribution is 2.35. The van der Waals surface area contributed by atoms with E-state index in [2.05, 4.69) is 15.0 Å². The molecule has 1 amide bonds. The number of aromatic hydroxyl groups is 1. The summed E-state index contributed by atoms with van der Waals surface area (Å²) < 4.78 is 4.83. The second-order valence-corrected chi connectivity index (χ2v) is 8.79. The van der Waals surface area contributed by atoms with Crippen molar-refractivity contribution in [2.45, 2.75) is 6.42 Å². The molecule has 0 bridgehead atoms. The molecule has 0 radical (unpaired) electrons. The van der Waals surface area contributed by atoms with Gasteiger partial charge in [0.05, 0.1) is 36.0 Å². The molecule has 2 heterocycles. The molecule has 1 aliphatic heterocycles. The Hall–Kier alpha value is -5.25. The van der Waals surface area contributed by atoms with Crippen molar-refractivity contribution in [1.82, 2.24) is 4.98 Å². The molecule has 0 aliphatic carbocycles. The number of methoxy groups -OCH3 is 1. The summed E-state index contributed by atoms with van der Waals surface area (Å²) in [5.41, 5.74) is 10.5. The van der Waals surface area contributed by atoms with Crippen LogP contribution in [-0.4, -0.2) is 60.6 Å². The first-order chi connectivity index (χ1) is 19.0. The first kappa shape index (κ1) is 25.4. The number of hydrogen-bond acceptors (Lipinski definition) is 6. The second kappa shape index (κ2) is 11.0. The Morgan fingerprint density at radius 2 is 1.92 bits per heavy atom. The predicted octanol–water partition coefficient (Wildman–Crippen LogP) is 3.73. The van der Waals surface area contributed by atoms with Crippen LogP contribution in [0.5, 0.6) is 5.88 Å². The summed E-state index contributed by atoms with van der Waals surface area (Å²) in [5.74, 6) is -0.661. The normalized spacial score (nSPS) is 13.5. The summed E-state index contributed by atoms with van der Waals surface area (Å²) >= 11 is 0.